The van der Waals surface area contributed by atoms with Crippen molar-refractivity contribution in [3.63, 3.8) is 0 Å². The van der Waals surface area contributed by atoms with Crippen molar-refractivity contribution < 1.29 is 4.74 Å². The van der Waals surface area contributed by atoms with E-state index in [0.29, 0.717) is 5.92 Å². The van der Waals surface area contributed by atoms with Gasteiger partial charge in [-0.1, -0.05) is 20.8 Å². The van der Waals surface area contributed by atoms with Crippen molar-refractivity contribution in [2.75, 3.05) is 37.4 Å². The second kappa shape index (κ2) is 8.69. The SMILES string of the molecule is CCCNc1ncnc(NCCCOC)c1C(C)C. The maximum atomic E-state index is 5.05. The van der Waals surface area contributed by atoms with Crippen LogP contribution in [0.15, 0.2) is 6.33 Å². The van der Waals surface area contributed by atoms with Gasteiger partial charge < -0.3 is 15.4 Å². The van der Waals surface area contributed by atoms with Crippen LogP contribution < -0.4 is 10.6 Å². The molecule has 0 aliphatic carbocycles. The van der Waals surface area contributed by atoms with Crippen molar-refractivity contribution in [2.24, 2.45) is 0 Å². The van der Waals surface area contributed by atoms with Crippen molar-refractivity contribution in [3.8, 4) is 0 Å². The minimum Gasteiger partial charge on any atom is -0.385 e. The van der Waals surface area contributed by atoms with E-state index in [2.05, 4.69) is 41.4 Å². The first-order valence-corrected chi connectivity index (χ1v) is 7.02. The van der Waals surface area contributed by atoms with Crippen molar-refractivity contribution in [1.29, 1.82) is 0 Å². The molecule has 2 N–H and O–H groups in total. The van der Waals surface area contributed by atoms with Crippen LogP contribution in [0.2, 0.25) is 0 Å². The summed E-state index contributed by atoms with van der Waals surface area (Å²) in [6.07, 6.45) is 3.66. The number of ether oxygens (including phenoxy) is 1. The first-order valence-electron chi connectivity index (χ1n) is 7.02. The van der Waals surface area contributed by atoms with Crippen molar-refractivity contribution in [1.82, 2.24) is 9.97 Å². The summed E-state index contributed by atoms with van der Waals surface area (Å²) in [6, 6.07) is 0. The Labute approximate surface area is 116 Å². The highest BCUT2D eigenvalue weighted by Gasteiger charge is 2.14. The largest absolute Gasteiger partial charge is 0.385 e. The second-order valence-electron chi connectivity index (χ2n) is 4.84. The number of hydrogen-bond donors (Lipinski definition) is 2. The molecule has 0 bridgehead atoms. The molecule has 0 aromatic carbocycles. The van der Waals surface area contributed by atoms with E-state index in [1.54, 1.807) is 13.4 Å². The van der Waals surface area contributed by atoms with E-state index in [-0.39, 0.29) is 0 Å². The normalized spacial score (nSPS) is 10.8. The molecule has 0 unspecified atom stereocenters. The van der Waals surface area contributed by atoms with Gasteiger partial charge in [-0.15, -0.1) is 0 Å². The molecule has 0 saturated carbocycles. The predicted octanol–water partition coefficient (Wildman–Crippen LogP) is 2.87. The molecule has 0 atom stereocenters. The highest BCUT2D eigenvalue weighted by Crippen LogP contribution is 2.28. The Morgan fingerprint density at radius 1 is 1.16 bits per heavy atom. The van der Waals surface area contributed by atoms with E-state index in [4.69, 9.17) is 4.74 Å². The van der Waals surface area contributed by atoms with Crippen LogP contribution in [-0.4, -0.2) is 36.8 Å². The Hall–Kier alpha value is -1.36. The smallest absolute Gasteiger partial charge is 0.134 e. The third kappa shape index (κ3) is 5.03. The molecule has 5 heteroatoms. The average Bonchev–Trinajstić information content (AvgIpc) is 2.41. The number of hydrogen-bond acceptors (Lipinski definition) is 5. The van der Waals surface area contributed by atoms with Gasteiger partial charge in [0.2, 0.25) is 0 Å². The van der Waals surface area contributed by atoms with Gasteiger partial charge in [0.1, 0.15) is 18.0 Å². The molecular weight excluding hydrogens is 240 g/mol. The quantitative estimate of drug-likeness (QED) is 0.673. The molecule has 0 spiro atoms. The zero-order valence-electron chi connectivity index (χ0n) is 12.5. The van der Waals surface area contributed by atoms with Gasteiger partial charge in [0.05, 0.1) is 0 Å². The molecule has 1 heterocycles. The lowest BCUT2D eigenvalue weighted by Crippen LogP contribution is -2.13. The fraction of sp³-hybridized carbons (Fsp3) is 0.714. The molecule has 0 aliphatic heterocycles. The number of methoxy groups -OCH3 is 1. The number of anilines is 2. The van der Waals surface area contributed by atoms with Gasteiger partial charge in [0.15, 0.2) is 0 Å². The van der Waals surface area contributed by atoms with E-state index in [9.17, 15) is 0 Å². The second-order valence-corrected chi connectivity index (χ2v) is 4.84. The Bertz CT molecular complexity index is 368. The number of nitrogens with zero attached hydrogens (tertiary/aromatic N) is 2. The highest BCUT2D eigenvalue weighted by molar-refractivity contribution is 5.58. The molecule has 1 rings (SSSR count). The third-order valence-corrected chi connectivity index (χ3v) is 2.82. The maximum absolute atomic E-state index is 5.05. The van der Waals surface area contributed by atoms with Gasteiger partial charge in [-0.05, 0) is 18.8 Å². The lowest BCUT2D eigenvalue weighted by Gasteiger charge is -2.17. The first-order chi connectivity index (χ1) is 9.20. The summed E-state index contributed by atoms with van der Waals surface area (Å²) in [4.78, 5) is 8.72. The van der Waals surface area contributed by atoms with Gasteiger partial charge >= 0.3 is 0 Å². The summed E-state index contributed by atoms with van der Waals surface area (Å²) >= 11 is 0. The molecule has 1 aromatic rings. The molecule has 0 amide bonds. The topological polar surface area (TPSA) is 59.1 Å². The summed E-state index contributed by atoms with van der Waals surface area (Å²) in [5, 5.41) is 6.75. The van der Waals surface area contributed by atoms with Gasteiger partial charge in [0, 0.05) is 32.4 Å². The number of nitrogens with one attached hydrogen (secondary N) is 2. The fourth-order valence-electron chi connectivity index (χ4n) is 1.89. The van der Waals surface area contributed by atoms with Crippen molar-refractivity contribution in [2.45, 2.75) is 39.5 Å². The molecule has 0 aliphatic rings. The van der Waals surface area contributed by atoms with Crippen LogP contribution >= 0.6 is 0 Å². The van der Waals surface area contributed by atoms with E-state index >= 15 is 0 Å². The Kier molecular flexibility index (Phi) is 7.18. The van der Waals surface area contributed by atoms with Crippen LogP contribution in [0.3, 0.4) is 0 Å². The van der Waals surface area contributed by atoms with E-state index in [1.807, 2.05) is 0 Å². The van der Waals surface area contributed by atoms with Crippen LogP contribution in [0, 0.1) is 0 Å². The minimum absolute atomic E-state index is 0.380. The lowest BCUT2D eigenvalue weighted by atomic mass is 10.0. The molecule has 0 saturated heterocycles. The van der Waals surface area contributed by atoms with Crippen LogP contribution in [-0.2, 0) is 4.74 Å². The highest BCUT2D eigenvalue weighted by atomic mass is 16.5. The maximum Gasteiger partial charge on any atom is 0.134 e. The molecule has 19 heavy (non-hydrogen) atoms. The standard InChI is InChI=1S/C14H26N4O/c1-5-7-15-13-12(11(2)3)14(18-10-17-13)16-8-6-9-19-4/h10-11H,5-9H2,1-4H3,(H2,15,16,17,18). The predicted molar refractivity (Wildman–Crippen MR) is 79.9 cm³/mol. The molecule has 1 aromatic heterocycles. The molecule has 0 radical (unpaired) electrons. The van der Waals surface area contributed by atoms with E-state index in [1.165, 1.54) is 0 Å². The van der Waals surface area contributed by atoms with Crippen LogP contribution in [0.4, 0.5) is 11.6 Å². The van der Waals surface area contributed by atoms with Gasteiger partial charge in [-0.3, -0.25) is 0 Å². The molecule has 108 valence electrons. The Morgan fingerprint density at radius 2 is 1.79 bits per heavy atom. The monoisotopic (exact) mass is 266 g/mol. The molecule has 5 nitrogen and oxygen atoms in total. The number of rotatable bonds is 9. The fourth-order valence-corrected chi connectivity index (χ4v) is 1.89. The Morgan fingerprint density at radius 3 is 2.32 bits per heavy atom. The summed E-state index contributed by atoms with van der Waals surface area (Å²) in [5.74, 6) is 2.26. The first kappa shape index (κ1) is 15.7. The summed E-state index contributed by atoms with van der Waals surface area (Å²) < 4.78 is 5.05. The van der Waals surface area contributed by atoms with E-state index < -0.39 is 0 Å². The lowest BCUT2D eigenvalue weighted by molar-refractivity contribution is 0.197. The van der Waals surface area contributed by atoms with Gasteiger partial charge in [-0.25, -0.2) is 9.97 Å². The Balaban J connectivity index is 2.77. The third-order valence-electron chi connectivity index (χ3n) is 2.82. The zero-order valence-corrected chi connectivity index (χ0v) is 12.5. The van der Waals surface area contributed by atoms with Gasteiger partial charge in [-0.2, -0.15) is 0 Å². The van der Waals surface area contributed by atoms with E-state index in [0.717, 1.165) is 49.7 Å². The zero-order chi connectivity index (χ0) is 14.1. The van der Waals surface area contributed by atoms with Gasteiger partial charge in [0.25, 0.3) is 0 Å². The number of aromatic nitrogens is 2. The summed E-state index contributed by atoms with van der Waals surface area (Å²) in [7, 11) is 1.72. The van der Waals surface area contributed by atoms with Crippen LogP contribution in [0.5, 0.6) is 0 Å². The van der Waals surface area contributed by atoms with Crippen molar-refractivity contribution >= 4 is 11.6 Å². The summed E-state index contributed by atoms with van der Waals surface area (Å²) in [5.41, 5.74) is 1.16. The summed E-state index contributed by atoms with van der Waals surface area (Å²) in [6.45, 7) is 9.02. The van der Waals surface area contributed by atoms with Crippen molar-refractivity contribution in [3.05, 3.63) is 11.9 Å². The van der Waals surface area contributed by atoms with Crippen LogP contribution in [0.25, 0.3) is 0 Å². The minimum atomic E-state index is 0.380. The van der Waals surface area contributed by atoms with Crippen LogP contribution in [0.1, 0.15) is 45.1 Å². The molecule has 0 fully saturated rings. The average molecular weight is 266 g/mol. The molecular formula is C14H26N4O.